The summed E-state index contributed by atoms with van der Waals surface area (Å²) in [5.74, 6) is 0.668. The smallest absolute Gasteiger partial charge is 0.179 e. The Morgan fingerprint density at radius 3 is 2.38 bits per heavy atom. The number of nitrogens with zero attached hydrogens (tertiary/aromatic N) is 3. The van der Waals surface area contributed by atoms with Crippen LogP contribution in [-0.2, 0) is 6.42 Å². The third kappa shape index (κ3) is 4.08. The van der Waals surface area contributed by atoms with Crippen molar-refractivity contribution in [1.82, 2.24) is 20.3 Å². The Hall–Kier alpha value is -0.850. The number of nitrogens with one attached hydrogen (secondary N) is 1. The summed E-state index contributed by atoms with van der Waals surface area (Å²) in [7, 11) is 1.97. The van der Waals surface area contributed by atoms with E-state index in [0.29, 0.717) is 5.82 Å². The van der Waals surface area contributed by atoms with Crippen LogP contribution in [0.25, 0.3) is 11.5 Å². The van der Waals surface area contributed by atoms with E-state index in [1.165, 1.54) is 5.56 Å². The van der Waals surface area contributed by atoms with Gasteiger partial charge < -0.3 is 5.32 Å². The van der Waals surface area contributed by atoms with Gasteiger partial charge in [0.15, 0.2) is 5.82 Å². The molecule has 21 heavy (non-hydrogen) atoms. The lowest BCUT2D eigenvalue weighted by Gasteiger charge is -2.11. The fourth-order valence-corrected chi connectivity index (χ4v) is 3.39. The molecule has 0 unspecified atom stereocenters. The van der Waals surface area contributed by atoms with Gasteiger partial charge in [-0.3, -0.25) is 4.98 Å². The average Bonchev–Trinajstić information content (AvgIpc) is 2.41. The van der Waals surface area contributed by atoms with Crippen molar-refractivity contribution < 1.29 is 0 Å². The van der Waals surface area contributed by atoms with Crippen LogP contribution in [0, 0.1) is 13.8 Å². The first-order valence-electron chi connectivity index (χ1n) is 6.83. The molecule has 0 aliphatic carbocycles. The molecular formula is C15H18Br2N4. The van der Waals surface area contributed by atoms with Crippen molar-refractivity contribution in [2.24, 2.45) is 0 Å². The van der Waals surface area contributed by atoms with Crippen LogP contribution >= 0.6 is 31.9 Å². The summed E-state index contributed by atoms with van der Waals surface area (Å²) >= 11 is 6.93. The van der Waals surface area contributed by atoms with Gasteiger partial charge in [-0.15, -0.1) is 0 Å². The molecule has 2 heterocycles. The third-order valence-electron chi connectivity index (χ3n) is 3.29. The molecule has 1 N–H and O–H groups in total. The lowest BCUT2D eigenvalue weighted by Crippen LogP contribution is -2.10. The van der Waals surface area contributed by atoms with E-state index < -0.39 is 0 Å². The van der Waals surface area contributed by atoms with Crippen LogP contribution in [0.3, 0.4) is 0 Å². The van der Waals surface area contributed by atoms with Crippen molar-refractivity contribution in [1.29, 1.82) is 0 Å². The molecule has 6 heteroatoms. The fraction of sp³-hybridized carbons (Fsp3) is 0.400. The minimum Gasteiger partial charge on any atom is -0.320 e. The van der Waals surface area contributed by atoms with Gasteiger partial charge in [0.25, 0.3) is 0 Å². The van der Waals surface area contributed by atoms with Crippen molar-refractivity contribution in [2.45, 2.75) is 26.7 Å². The quantitative estimate of drug-likeness (QED) is 0.756. The molecule has 0 bridgehead atoms. The van der Waals surface area contributed by atoms with Crippen molar-refractivity contribution in [3.05, 3.63) is 38.2 Å². The maximum absolute atomic E-state index is 4.63. The normalized spacial score (nSPS) is 10.9. The highest BCUT2D eigenvalue weighted by Gasteiger charge is 2.13. The standard InChI is InChI=1S/C15H18Br2N4/c1-9-12(5-4-6-18-3)10(2)21-15(20-9)14-13(17)7-11(16)8-19-14/h7-8,18H,4-6H2,1-3H3. The van der Waals surface area contributed by atoms with Gasteiger partial charge in [-0.25, -0.2) is 9.97 Å². The van der Waals surface area contributed by atoms with Crippen LogP contribution in [0.5, 0.6) is 0 Å². The zero-order valence-corrected chi connectivity index (χ0v) is 15.5. The Morgan fingerprint density at radius 1 is 1.14 bits per heavy atom. The van der Waals surface area contributed by atoms with E-state index in [1.807, 2.05) is 27.0 Å². The number of hydrogen-bond acceptors (Lipinski definition) is 4. The Kier molecular flexibility index (Phi) is 5.84. The third-order valence-corrected chi connectivity index (χ3v) is 4.33. The van der Waals surface area contributed by atoms with E-state index in [0.717, 1.165) is 45.4 Å². The first-order chi connectivity index (χ1) is 10.0. The largest absolute Gasteiger partial charge is 0.320 e. The van der Waals surface area contributed by atoms with Crippen molar-refractivity contribution in [3.8, 4) is 11.5 Å². The maximum atomic E-state index is 4.63. The van der Waals surface area contributed by atoms with Gasteiger partial charge in [-0.2, -0.15) is 0 Å². The maximum Gasteiger partial charge on any atom is 0.179 e. The molecule has 0 saturated heterocycles. The minimum absolute atomic E-state index is 0.668. The highest BCUT2D eigenvalue weighted by molar-refractivity contribution is 9.11. The molecule has 0 radical (unpaired) electrons. The minimum atomic E-state index is 0.668. The van der Waals surface area contributed by atoms with E-state index in [-0.39, 0.29) is 0 Å². The molecule has 0 fully saturated rings. The number of hydrogen-bond donors (Lipinski definition) is 1. The summed E-state index contributed by atoms with van der Waals surface area (Å²) in [6.45, 7) is 5.08. The fourth-order valence-electron chi connectivity index (χ4n) is 2.23. The molecular weight excluding hydrogens is 396 g/mol. The van der Waals surface area contributed by atoms with E-state index in [2.05, 4.69) is 52.1 Å². The van der Waals surface area contributed by atoms with Crippen LogP contribution in [0.4, 0.5) is 0 Å². The number of halogens is 2. The Morgan fingerprint density at radius 2 is 1.81 bits per heavy atom. The van der Waals surface area contributed by atoms with Crippen LogP contribution in [0.2, 0.25) is 0 Å². The van der Waals surface area contributed by atoms with Gasteiger partial charge in [0.1, 0.15) is 5.69 Å². The van der Waals surface area contributed by atoms with Gasteiger partial charge >= 0.3 is 0 Å². The predicted octanol–water partition coefficient (Wildman–Crippen LogP) is 3.83. The number of pyridine rings is 1. The Balaban J connectivity index is 2.35. The molecule has 112 valence electrons. The van der Waals surface area contributed by atoms with Crippen molar-refractivity contribution >= 4 is 31.9 Å². The van der Waals surface area contributed by atoms with E-state index in [9.17, 15) is 0 Å². The molecule has 2 aromatic heterocycles. The summed E-state index contributed by atoms with van der Waals surface area (Å²) in [6.07, 6.45) is 3.84. The summed E-state index contributed by atoms with van der Waals surface area (Å²) in [5, 5.41) is 3.17. The van der Waals surface area contributed by atoms with Crippen molar-refractivity contribution in [3.63, 3.8) is 0 Å². The highest BCUT2D eigenvalue weighted by Crippen LogP contribution is 2.27. The van der Waals surface area contributed by atoms with Crippen LogP contribution in [-0.4, -0.2) is 28.5 Å². The summed E-state index contributed by atoms with van der Waals surface area (Å²) < 4.78 is 1.81. The molecule has 4 nitrogen and oxygen atoms in total. The second kappa shape index (κ2) is 7.42. The molecule has 0 aliphatic heterocycles. The zero-order valence-electron chi connectivity index (χ0n) is 12.4. The highest BCUT2D eigenvalue weighted by atomic mass is 79.9. The van der Waals surface area contributed by atoms with Crippen molar-refractivity contribution in [2.75, 3.05) is 13.6 Å². The lowest BCUT2D eigenvalue weighted by molar-refractivity contribution is 0.715. The Labute approximate surface area is 142 Å². The molecule has 0 saturated carbocycles. The second-order valence-electron chi connectivity index (χ2n) is 4.89. The van der Waals surface area contributed by atoms with Crippen LogP contribution < -0.4 is 5.32 Å². The SMILES string of the molecule is CNCCCc1c(C)nc(-c2ncc(Br)cc2Br)nc1C. The number of aromatic nitrogens is 3. The summed E-state index contributed by atoms with van der Waals surface area (Å²) in [6, 6.07) is 1.96. The first kappa shape index (κ1) is 16.5. The summed E-state index contributed by atoms with van der Waals surface area (Å²) in [4.78, 5) is 13.7. The Bertz CT molecular complexity index is 621. The predicted molar refractivity (Wildman–Crippen MR) is 92.4 cm³/mol. The van der Waals surface area contributed by atoms with E-state index in [4.69, 9.17) is 0 Å². The lowest BCUT2D eigenvalue weighted by atomic mass is 10.1. The van der Waals surface area contributed by atoms with Gasteiger partial charge in [0, 0.05) is 26.5 Å². The molecule has 0 atom stereocenters. The van der Waals surface area contributed by atoms with Gasteiger partial charge in [0.2, 0.25) is 0 Å². The van der Waals surface area contributed by atoms with E-state index >= 15 is 0 Å². The summed E-state index contributed by atoms with van der Waals surface area (Å²) in [5.41, 5.74) is 4.07. The zero-order chi connectivity index (χ0) is 15.4. The van der Waals surface area contributed by atoms with Crippen LogP contribution in [0.15, 0.2) is 21.2 Å². The first-order valence-corrected chi connectivity index (χ1v) is 8.41. The molecule has 0 aliphatic rings. The molecule has 0 aromatic carbocycles. The van der Waals surface area contributed by atoms with Crippen LogP contribution in [0.1, 0.15) is 23.4 Å². The van der Waals surface area contributed by atoms with E-state index in [1.54, 1.807) is 6.20 Å². The molecule has 0 amide bonds. The number of aryl methyl sites for hydroxylation is 2. The average molecular weight is 414 g/mol. The molecule has 0 spiro atoms. The van der Waals surface area contributed by atoms with Gasteiger partial charge in [-0.1, -0.05) is 0 Å². The second-order valence-corrected chi connectivity index (χ2v) is 6.66. The monoisotopic (exact) mass is 412 g/mol. The topological polar surface area (TPSA) is 50.7 Å². The van der Waals surface area contributed by atoms with Gasteiger partial charge in [0.05, 0.1) is 0 Å². The molecule has 2 rings (SSSR count). The van der Waals surface area contributed by atoms with Gasteiger partial charge in [-0.05, 0) is 83.8 Å². The molecule has 2 aromatic rings. The number of rotatable bonds is 5.